The van der Waals surface area contributed by atoms with Crippen LogP contribution >= 0.6 is 12.2 Å². The molecule has 3 aromatic heterocycles. The second kappa shape index (κ2) is 9.39. The Bertz CT molecular complexity index is 1390. The number of benzene rings is 1. The summed E-state index contributed by atoms with van der Waals surface area (Å²) < 4.78 is 43.3. The van der Waals surface area contributed by atoms with Crippen LogP contribution in [0.4, 0.5) is 13.2 Å². The summed E-state index contributed by atoms with van der Waals surface area (Å²) >= 11 is 5.74. The number of aromatic nitrogens is 3. The second-order valence-electron chi connectivity index (χ2n) is 8.75. The minimum absolute atomic E-state index is 0.102. The van der Waals surface area contributed by atoms with Crippen molar-refractivity contribution in [1.29, 1.82) is 0 Å². The number of halogens is 3. The van der Waals surface area contributed by atoms with Gasteiger partial charge in [-0.1, -0.05) is 24.3 Å². The van der Waals surface area contributed by atoms with E-state index in [2.05, 4.69) is 15.3 Å². The van der Waals surface area contributed by atoms with Crippen molar-refractivity contribution in [3.63, 3.8) is 0 Å². The maximum Gasteiger partial charge on any atom is 0.418 e. The molecule has 4 heterocycles. The van der Waals surface area contributed by atoms with Crippen LogP contribution in [-0.2, 0) is 12.7 Å². The molecule has 5 rings (SSSR count). The van der Waals surface area contributed by atoms with Crippen LogP contribution in [0.1, 0.15) is 46.0 Å². The van der Waals surface area contributed by atoms with Crippen LogP contribution in [0.2, 0.25) is 0 Å². The third-order valence-electron chi connectivity index (χ3n) is 6.50. The minimum atomic E-state index is -4.47. The average molecular weight is 508 g/mol. The Balaban J connectivity index is 1.65. The van der Waals surface area contributed by atoms with E-state index in [0.29, 0.717) is 23.0 Å². The summed E-state index contributed by atoms with van der Waals surface area (Å²) in [5.74, 6) is 0. The van der Waals surface area contributed by atoms with Crippen LogP contribution in [0, 0.1) is 13.8 Å². The highest BCUT2D eigenvalue weighted by molar-refractivity contribution is 7.80. The van der Waals surface area contributed by atoms with E-state index in [1.807, 2.05) is 61.2 Å². The van der Waals surface area contributed by atoms with Crippen LogP contribution in [0.5, 0.6) is 0 Å². The lowest BCUT2D eigenvalue weighted by atomic mass is 9.96. The summed E-state index contributed by atoms with van der Waals surface area (Å²) in [6, 6.07) is 18.4. The Morgan fingerprint density at radius 3 is 2.31 bits per heavy atom. The van der Waals surface area contributed by atoms with E-state index >= 15 is 0 Å². The monoisotopic (exact) mass is 507 g/mol. The van der Waals surface area contributed by atoms with E-state index in [1.54, 1.807) is 23.0 Å². The molecule has 1 N–H and O–H groups in total. The van der Waals surface area contributed by atoms with E-state index in [0.717, 1.165) is 23.0 Å². The van der Waals surface area contributed by atoms with Gasteiger partial charge in [0.15, 0.2) is 5.11 Å². The summed E-state index contributed by atoms with van der Waals surface area (Å²) in [5.41, 5.74) is 3.36. The summed E-state index contributed by atoms with van der Waals surface area (Å²) in [6.45, 7) is 4.12. The number of hydrogen-bond donors (Lipinski definition) is 1. The molecule has 0 spiro atoms. The lowest BCUT2D eigenvalue weighted by Gasteiger charge is -2.28. The number of hydrogen-bond acceptors (Lipinski definition) is 3. The molecule has 0 amide bonds. The summed E-state index contributed by atoms with van der Waals surface area (Å²) in [6.07, 6.45) is -1.02. The number of rotatable bonds is 5. The molecule has 2 atom stereocenters. The van der Waals surface area contributed by atoms with Gasteiger partial charge >= 0.3 is 6.18 Å². The first-order valence-electron chi connectivity index (χ1n) is 11.5. The van der Waals surface area contributed by atoms with E-state index in [4.69, 9.17) is 12.2 Å². The second-order valence-corrected chi connectivity index (χ2v) is 9.14. The molecule has 0 aliphatic carbocycles. The third-order valence-corrected chi connectivity index (χ3v) is 6.85. The van der Waals surface area contributed by atoms with E-state index in [9.17, 15) is 13.2 Å². The number of para-hydroxylation sites is 1. The minimum Gasteiger partial charge on any atom is -0.352 e. The molecule has 36 heavy (non-hydrogen) atoms. The Morgan fingerprint density at radius 2 is 1.64 bits per heavy atom. The molecular formula is C27H24F3N5S. The van der Waals surface area contributed by atoms with Crippen LogP contribution in [0.3, 0.4) is 0 Å². The van der Waals surface area contributed by atoms with Gasteiger partial charge in [-0.2, -0.15) is 13.2 Å². The van der Waals surface area contributed by atoms with Crippen molar-refractivity contribution in [3.8, 4) is 5.69 Å². The standard InChI is InChI=1S/C27H24F3N5S/c1-17-15-20(18(2)35(17)23-12-4-3-10-21(23)27(28,29)30)25-24(22-11-6-8-14-32-22)33-26(36)34(25)16-19-9-5-7-13-31-19/h3-15,24-25H,16H2,1-2H3,(H,33,36)/t24-,25-/m1/s1. The first-order chi connectivity index (χ1) is 17.3. The number of nitrogens with one attached hydrogen (secondary N) is 1. The fraction of sp³-hybridized carbons (Fsp3) is 0.222. The largest absolute Gasteiger partial charge is 0.418 e. The average Bonchev–Trinajstić information content (AvgIpc) is 3.34. The van der Waals surface area contributed by atoms with Crippen molar-refractivity contribution < 1.29 is 13.2 Å². The molecule has 4 aromatic rings. The Hall–Kier alpha value is -3.72. The van der Waals surface area contributed by atoms with Gasteiger partial charge in [-0.25, -0.2) is 0 Å². The molecule has 1 aromatic carbocycles. The molecule has 0 bridgehead atoms. The summed E-state index contributed by atoms with van der Waals surface area (Å²) in [7, 11) is 0. The van der Waals surface area contributed by atoms with Crippen molar-refractivity contribution in [3.05, 3.63) is 113 Å². The normalized spacial score (nSPS) is 17.9. The zero-order chi connectivity index (χ0) is 25.4. The van der Waals surface area contributed by atoms with Crippen molar-refractivity contribution in [1.82, 2.24) is 24.8 Å². The topological polar surface area (TPSA) is 46.0 Å². The number of pyridine rings is 2. The molecule has 0 saturated carbocycles. The number of alkyl halides is 3. The maximum atomic E-state index is 13.9. The maximum absolute atomic E-state index is 13.9. The SMILES string of the molecule is Cc1cc([C@@H]2[C@@H](c3ccccn3)NC(=S)N2Cc2ccccn2)c(C)n1-c1ccccc1C(F)(F)F. The van der Waals surface area contributed by atoms with E-state index in [1.165, 1.54) is 12.1 Å². The lowest BCUT2D eigenvalue weighted by molar-refractivity contribution is -0.137. The predicted molar refractivity (Wildman–Crippen MR) is 135 cm³/mol. The molecular weight excluding hydrogens is 483 g/mol. The Labute approximate surface area is 212 Å². The molecule has 1 saturated heterocycles. The smallest absolute Gasteiger partial charge is 0.352 e. The van der Waals surface area contributed by atoms with Crippen LogP contribution < -0.4 is 5.32 Å². The number of thiocarbonyl (C=S) groups is 1. The molecule has 1 aliphatic rings. The van der Waals surface area contributed by atoms with Crippen molar-refractivity contribution in [2.24, 2.45) is 0 Å². The quantitative estimate of drug-likeness (QED) is 0.332. The van der Waals surface area contributed by atoms with Crippen LogP contribution in [0.25, 0.3) is 5.69 Å². The van der Waals surface area contributed by atoms with Crippen LogP contribution in [0.15, 0.2) is 79.1 Å². The molecule has 1 aliphatic heterocycles. The van der Waals surface area contributed by atoms with Crippen molar-refractivity contribution >= 4 is 17.3 Å². The highest BCUT2D eigenvalue weighted by Crippen LogP contribution is 2.43. The zero-order valence-electron chi connectivity index (χ0n) is 19.7. The highest BCUT2D eigenvalue weighted by Gasteiger charge is 2.42. The van der Waals surface area contributed by atoms with Gasteiger partial charge in [0.2, 0.25) is 0 Å². The lowest BCUT2D eigenvalue weighted by Crippen LogP contribution is -2.29. The first kappa shape index (κ1) is 24.0. The molecule has 1 fully saturated rings. The van der Waals surface area contributed by atoms with Gasteiger partial charge in [-0.3, -0.25) is 9.97 Å². The predicted octanol–water partition coefficient (Wildman–Crippen LogP) is 6.08. The first-order valence-corrected chi connectivity index (χ1v) is 11.9. The molecule has 184 valence electrons. The van der Waals surface area contributed by atoms with E-state index < -0.39 is 11.7 Å². The Kier molecular flexibility index (Phi) is 6.26. The zero-order valence-corrected chi connectivity index (χ0v) is 20.5. The van der Waals surface area contributed by atoms with E-state index in [-0.39, 0.29) is 17.8 Å². The number of aryl methyl sites for hydroxylation is 1. The fourth-order valence-electron chi connectivity index (χ4n) is 4.95. The highest BCUT2D eigenvalue weighted by atomic mass is 32.1. The van der Waals surface area contributed by atoms with Crippen molar-refractivity contribution in [2.45, 2.75) is 38.7 Å². The van der Waals surface area contributed by atoms with Gasteiger partial charge < -0.3 is 14.8 Å². The van der Waals surface area contributed by atoms with Gasteiger partial charge in [0.1, 0.15) is 0 Å². The Morgan fingerprint density at radius 1 is 0.944 bits per heavy atom. The molecule has 0 unspecified atom stereocenters. The van der Waals surface area contributed by atoms with Crippen molar-refractivity contribution in [2.75, 3.05) is 0 Å². The summed E-state index contributed by atoms with van der Waals surface area (Å²) in [4.78, 5) is 11.1. The molecule has 9 heteroatoms. The molecule has 5 nitrogen and oxygen atoms in total. The third kappa shape index (κ3) is 4.35. The fourth-order valence-corrected chi connectivity index (χ4v) is 5.25. The summed E-state index contributed by atoms with van der Waals surface area (Å²) in [5, 5.41) is 3.94. The van der Waals surface area contributed by atoms with Gasteiger partial charge in [0.05, 0.1) is 41.3 Å². The van der Waals surface area contributed by atoms with Gasteiger partial charge in [-0.05, 0) is 74.1 Å². The van der Waals surface area contributed by atoms with Gasteiger partial charge in [0.25, 0.3) is 0 Å². The van der Waals surface area contributed by atoms with Gasteiger partial charge in [-0.15, -0.1) is 0 Å². The number of nitrogens with zero attached hydrogens (tertiary/aromatic N) is 4. The van der Waals surface area contributed by atoms with Crippen LogP contribution in [-0.4, -0.2) is 24.5 Å². The van der Waals surface area contributed by atoms with Gasteiger partial charge in [0, 0.05) is 23.8 Å². The molecule has 0 radical (unpaired) electrons.